The van der Waals surface area contributed by atoms with Crippen molar-refractivity contribution >= 4 is 43.9 Å². The molecule has 0 fully saturated rings. The molecule has 1 N–H and O–H groups in total. The number of Topliss-reactive ketones (excluding diaryl/α,β-unsaturated/α-hetero) is 1. The summed E-state index contributed by atoms with van der Waals surface area (Å²) in [6, 6.07) is 5.87. The second kappa shape index (κ2) is 5.54. The highest BCUT2D eigenvalue weighted by Crippen LogP contribution is 2.44. The van der Waals surface area contributed by atoms with Gasteiger partial charge in [0.05, 0.1) is 22.8 Å². The number of aromatic nitrogens is 1. The lowest BCUT2D eigenvalue weighted by atomic mass is 9.75. The van der Waals surface area contributed by atoms with Gasteiger partial charge in [-0.3, -0.25) is 4.79 Å². The third-order valence-electron chi connectivity index (χ3n) is 4.54. The molecule has 0 saturated heterocycles. The van der Waals surface area contributed by atoms with E-state index >= 15 is 0 Å². The Morgan fingerprint density at radius 1 is 1.46 bits per heavy atom. The van der Waals surface area contributed by atoms with Gasteiger partial charge in [-0.25, -0.2) is 4.98 Å². The molecule has 7 heteroatoms. The molecular weight excluding hydrogens is 392 g/mol. The Morgan fingerprint density at radius 2 is 2.25 bits per heavy atom. The van der Waals surface area contributed by atoms with Crippen LogP contribution in [0, 0.1) is 5.41 Å². The van der Waals surface area contributed by atoms with Crippen LogP contribution < -0.4 is 9.64 Å². The molecule has 24 heavy (non-hydrogen) atoms. The van der Waals surface area contributed by atoms with Crippen molar-refractivity contribution in [3.05, 3.63) is 33.2 Å². The standard InChI is InChI=1S/C17H17BrN2O3S/c1-17(2)8-10-14(13(21)15(17)22)24-16(19-10)20-5-6-23-12-4-3-9(18)7-11(12)20/h3-4,7,15,22H,5-6,8H2,1-2H3. The first kappa shape index (κ1) is 16.1. The number of anilines is 2. The first-order valence-electron chi connectivity index (χ1n) is 7.79. The van der Waals surface area contributed by atoms with Crippen molar-refractivity contribution < 1.29 is 14.6 Å². The molecule has 4 rings (SSSR count). The van der Waals surface area contributed by atoms with Crippen LogP contribution >= 0.6 is 27.3 Å². The van der Waals surface area contributed by atoms with Crippen LogP contribution in [0.4, 0.5) is 10.8 Å². The summed E-state index contributed by atoms with van der Waals surface area (Å²) in [4.78, 5) is 19.9. The minimum Gasteiger partial charge on any atom is -0.490 e. The number of carbonyl (C=O) groups excluding carboxylic acids is 1. The molecule has 1 aromatic carbocycles. The van der Waals surface area contributed by atoms with Gasteiger partial charge in [0.2, 0.25) is 5.78 Å². The van der Waals surface area contributed by atoms with E-state index in [0.29, 0.717) is 24.4 Å². The average molecular weight is 409 g/mol. The number of carbonyl (C=O) groups is 1. The molecule has 0 bridgehead atoms. The number of thiazole rings is 1. The maximum Gasteiger partial charge on any atom is 0.203 e. The summed E-state index contributed by atoms with van der Waals surface area (Å²) in [6.07, 6.45) is -0.369. The highest BCUT2D eigenvalue weighted by atomic mass is 79.9. The average Bonchev–Trinajstić information content (AvgIpc) is 2.95. The smallest absolute Gasteiger partial charge is 0.203 e. The van der Waals surface area contributed by atoms with Crippen LogP contribution in [-0.4, -0.2) is 35.1 Å². The van der Waals surface area contributed by atoms with Crippen LogP contribution in [0.15, 0.2) is 22.7 Å². The van der Waals surface area contributed by atoms with Crippen molar-refractivity contribution in [2.75, 3.05) is 18.1 Å². The number of ketones is 1. The van der Waals surface area contributed by atoms with E-state index in [9.17, 15) is 9.90 Å². The predicted octanol–water partition coefficient (Wildman–Crippen LogP) is 3.56. The van der Waals surface area contributed by atoms with E-state index in [1.807, 2.05) is 32.0 Å². The number of nitrogens with zero attached hydrogens (tertiary/aromatic N) is 2. The number of hydrogen-bond donors (Lipinski definition) is 1. The van der Waals surface area contributed by atoms with Gasteiger partial charge in [0.25, 0.3) is 0 Å². The van der Waals surface area contributed by atoms with E-state index in [2.05, 4.69) is 20.8 Å². The monoisotopic (exact) mass is 408 g/mol. The van der Waals surface area contributed by atoms with Gasteiger partial charge >= 0.3 is 0 Å². The molecule has 0 radical (unpaired) electrons. The Morgan fingerprint density at radius 3 is 3.04 bits per heavy atom. The minimum atomic E-state index is -0.968. The largest absolute Gasteiger partial charge is 0.490 e. The summed E-state index contributed by atoms with van der Waals surface area (Å²) in [7, 11) is 0. The molecule has 126 valence electrons. The van der Waals surface area contributed by atoms with Gasteiger partial charge in [-0.05, 0) is 24.6 Å². The summed E-state index contributed by atoms with van der Waals surface area (Å²) in [5.41, 5.74) is 1.24. The lowest BCUT2D eigenvalue weighted by molar-refractivity contribution is 0.0340. The molecule has 0 saturated carbocycles. The molecule has 1 aliphatic carbocycles. The maximum absolute atomic E-state index is 12.5. The van der Waals surface area contributed by atoms with Crippen molar-refractivity contribution in [3.63, 3.8) is 0 Å². The van der Waals surface area contributed by atoms with Crippen molar-refractivity contribution in [2.45, 2.75) is 26.4 Å². The quantitative estimate of drug-likeness (QED) is 0.781. The van der Waals surface area contributed by atoms with Gasteiger partial charge < -0.3 is 14.7 Å². The lowest BCUT2D eigenvalue weighted by Crippen LogP contribution is -2.42. The molecule has 0 amide bonds. The Kier molecular flexibility index (Phi) is 3.71. The molecule has 0 spiro atoms. The fourth-order valence-electron chi connectivity index (χ4n) is 3.16. The Bertz CT molecular complexity index is 833. The van der Waals surface area contributed by atoms with Crippen LogP contribution in [0.5, 0.6) is 5.75 Å². The number of benzene rings is 1. The summed E-state index contributed by atoms with van der Waals surface area (Å²) < 4.78 is 6.67. The summed E-state index contributed by atoms with van der Waals surface area (Å²) in [6.45, 7) is 5.05. The minimum absolute atomic E-state index is 0.215. The van der Waals surface area contributed by atoms with E-state index < -0.39 is 11.5 Å². The number of ether oxygens (including phenoxy) is 1. The number of halogens is 1. The Balaban J connectivity index is 1.78. The normalized spacial score (nSPS) is 21.9. The molecule has 1 aliphatic heterocycles. The van der Waals surface area contributed by atoms with Gasteiger partial charge in [0.1, 0.15) is 18.5 Å². The van der Waals surface area contributed by atoms with E-state index in [-0.39, 0.29) is 5.78 Å². The molecule has 5 nitrogen and oxygen atoms in total. The molecule has 2 aromatic rings. The van der Waals surface area contributed by atoms with Gasteiger partial charge in [-0.15, -0.1) is 0 Å². The third kappa shape index (κ3) is 2.46. The second-order valence-corrected chi connectivity index (χ2v) is 8.71. The topological polar surface area (TPSA) is 62.7 Å². The molecular formula is C17H17BrN2O3S. The summed E-state index contributed by atoms with van der Waals surface area (Å²) >= 11 is 4.85. The van der Waals surface area contributed by atoms with Crippen LogP contribution in [0.3, 0.4) is 0 Å². The zero-order valence-electron chi connectivity index (χ0n) is 13.4. The first-order valence-corrected chi connectivity index (χ1v) is 9.39. The van der Waals surface area contributed by atoms with Crippen molar-refractivity contribution in [1.82, 2.24) is 4.98 Å². The molecule has 2 aliphatic rings. The van der Waals surface area contributed by atoms with Crippen molar-refractivity contribution in [1.29, 1.82) is 0 Å². The van der Waals surface area contributed by atoms with Crippen molar-refractivity contribution in [2.24, 2.45) is 5.41 Å². The number of aliphatic hydroxyl groups excluding tert-OH is 1. The SMILES string of the molecule is CC1(C)Cc2nc(N3CCOc4ccc(Br)cc43)sc2C(=O)C1O. The van der Waals surface area contributed by atoms with Crippen LogP contribution in [0.1, 0.15) is 29.2 Å². The van der Waals surface area contributed by atoms with Gasteiger partial charge in [-0.2, -0.15) is 0 Å². The van der Waals surface area contributed by atoms with Crippen LogP contribution in [0.25, 0.3) is 0 Å². The Hall–Kier alpha value is -1.44. The Labute approximate surface area is 152 Å². The zero-order valence-corrected chi connectivity index (χ0v) is 15.8. The molecule has 1 unspecified atom stereocenters. The molecule has 2 heterocycles. The molecule has 1 atom stereocenters. The second-order valence-electron chi connectivity index (χ2n) is 6.82. The first-order chi connectivity index (χ1) is 11.4. The highest BCUT2D eigenvalue weighted by molar-refractivity contribution is 9.10. The fraction of sp³-hybridized carbons (Fsp3) is 0.412. The van der Waals surface area contributed by atoms with Crippen LogP contribution in [0.2, 0.25) is 0 Å². The number of fused-ring (bicyclic) bond motifs is 2. The van der Waals surface area contributed by atoms with Crippen LogP contribution in [-0.2, 0) is 6.42 Å². The van der Waals surface area contributed by atoms with Gasteiger partial charge in [0, 0.05) is 9.89 Å². The summed E-state index contributed by atoms with van der Waals surface area (Å²) in [5.74, 6) is 0.594. The van der Waals surface area contributed by atoms with E-state index in [1.54, 1.807) is 0 Å². The van der Waals surface area contributed by atoms with E-state index in [0.717, 1.165) is 26.7 Å². The third-order valence-corrected chi connectivity index (χ3v) is 6.17. The molecule has 1 aromatic heterocycles. The predicted molar refractivity (Wildman–Crippen MR) is 96.6 cm³/mol. The lowest BCUT2D eigenvalue weighted by Gasteiger charge is -2.32. The highest BCUT2D eigenvalue weighted by Gasteiger charge is 2.42. The summed E-state index contributed by atoms with van der Waals surface area (Å²) in [5, 5.41) is 11.0. The number of aliphatic hydroxyl groups is 1. The van der Waals surface area contributed by atoms with Gasteiger partial charge in [-0.1, -0.05) is 41.1 Å². The van der Waals surface area contributed by atoms with Crippen molar-refractivity contribution in [3.8, 4) is 5.75 Å². The zero-order chi connectivity index (χ0) is 17.1. The maximum atomic E-state index is 12.5. The van der Waals surface area contributed by atoms with Gasteiger partial charge in [0.15, 0.2) is 5.13 Å². The van der Waals surface area contributed by atoms with E-state index in [4.69, 9.17) is 9.72 Å². The fourth-order valence-corrected chi connectivity index (χ4v) is 4.60. The number of rotatable bonds is 1. The van der Waals surface area contributed by atoms with E-state index in [1.165, 1.54) is 11.3 Å². The number of hydrogen-bond acceptors (Lipinski definition) is 6.